The maximum Gasteiger partial charge on any atom is 0.458 e. The molecule has 0 aromatic heterocycles. The minimum absolute atomic E-state index is 0.0986. The van der Waals surface area contributed by atoms with E-state index in [0.717, 1.165) is 5.56 Å². The SMILES string of the molecule is CC1(C)OB(CC(c2ccccc2)c2ccc(F)cc2)OC1(C)C. The molecule has 2 aromatic rings. The van der Waals surface area contributed by atoms with Crippen LogP contribution in [0.1, 0.15) is 44.7 Å². The average Bonchev–Trinajstić information content (AvgIpc) is 2.74. The minimum Gasteiger partial charge on any atom is -0.403 e. The molecule has 0 radical (unpaired) electrons. The van der Waals surface area contributed by atoms with E-state index < -0.39 is 0 Å². The Hall–Kier alpha value is -1.65. The Bertz CT molecular complexity index is 667. The minimum atomic E-state index is -0.346. The highest BCUT2D eigenvalue weighted by Crippen LogP contribution is 2.41. The van der Waals surface area contributed by atoms with Crippen molar-refractivity contribution in [3.05, 3.63) is 71.5 Å². The molecule has 0 saturated carbocycles. The van der Waals surface area contributed by atoms with Gasteiger partial charge in [0.05, 0.1) is 11.2 Å². The van der Waals surface area contributed by atoms with Gasteiger partial charge in [-0.15, -0.1) is 0 Å². The quantitative estimate of drug-likeness (QED) is 0.732. The van der Waals surface area contributed by atoms with E-state index in [0.29, 0.717) is 6.32 Å². The van der Waals surface area contributed by atoms with Crippen LogP contribution in [0.2, 0.25) is 6.32 Å². The Morgan fingerprint density at radius 1 is 0.833 bits per heavy atom. The van der Waals surface area contributed by atoms with Crippen LogP contribution in [-0.4, -0.2) is 18.3 Å². The first-order valence-corrected chi connectivity index (χ1v) is 8.44. The Morgan fingerprint density at radius 2 is 1.33 bits per heavy atom. The molecule has 1 aliphatic rings. The van der Waals surface area contributed by atoms with E-state index in [-0.39, 0.29) is 30.1 Å². The molecule has 126 valence electrons. The Balaban J connectivity index is 1.88. The van der Waals surface area contributed by atoms with E-state index in [1.165, 1.54) is 17.7 Å². The van der Waals surface area contributed by atoms with Gasteiger partial charge < -0.3 is 9.31 Å². The van der Waals surface area contributed by atoms with Crippen molar-refractivity contribution >= 4 is 7.12 Å². The van der Waals surface area contributed by atoms with Gasteiger partial charge in [-0.3, -0.25) is 0 Å². The Labute approximate surface area is 144 Å². The Kier molecular flexibility index (Phi) is 4.54. The van der Waals surface area contributed by atoms with Crippen LogP contribution >= 0.6 is 0 Å². The first kappa shape index (κ1) is 17.2. The van der Waals surface area contributed by atoms with Gasteiger partial charge in [0.2, 0.25) is 0 Å². The fraction of sp³-hybridized carbons (Fsp3) is 0.400. The van der Waals surface area contributed by atoms with E-state index in [1.54, 1.807) is 0 Å². The molecule has 1 fully saturated rings. The zero-order valence-corrected chi connectivity index (χ0v) is 14.8. The first-order chi connectivity index (χ1) is 11.3. The van der Waals surface area contributed by atoms with Gasteiger partial charge in [-0.2, -0.15) is 0 Å². The molecule has 1 heterocycles. The van der Waals surface area contributed by atoms with E-state index >= 15 is 0 Å². The van der Waals surface area contributed by atoms with E-state index in [1.807, 2.05) is 30.3 Å². The van der Waals surface area contributed by atoms with Crippen molar-refractivity contribution in [3.63, 3.8) is 0 Å². The van der Waals surface area contributed by atoms with Crippen LogP contribution in [-0.2, 0) is 9.31 Å². The molecule has 1 saturated heterocycles. The second-order valence-corrected chi connectivity index (χ2v) is 7.44. The van der Waals surface area contributed by atoms with Gasteiger partial charge in [-0.05, 0) is 57.3 Å². The van der Waals surface area contributed by atoms with Crippen LogP contribution in [0.15, 0.2) is 54.6 Å². The smallest absolute Gasteiger partial charge is 0.403 e. The maximum atomic E-state index is 13.3. The zero-order chi connectivity index (χ0) is 17.4. The van der Waals surface area contributed by atoms with E-state index in [2.05, 4.69) is 39.8 Å². The van der Waals surface area contributed by atoms with Gasteiger partial charge >= 0.3 is 7.12 Å². The van der Waals surface area contributed by atoms with Gasteiger partial charge in [-0.1, -0.05) is 42.5 Å². The molecule has 1 atom stereocenters. The number of halogens is 1. The molecule has 0 bridgehead atoms. The summed E-state index contributed by atoms with van der Waals surface area (Å²) in [5.41, 5.74) is 1.56. The molecule has 3 rings (SSSR count). The highest BCUT2D eigenvalue weighted by Gasteiger charge is 2.51. The largest absolute Gasteiger partial charge is 0.458 e. The normalized spacial score (nSPS) is 20.1. The topological polar surface area (TPSA) is 18.5 Å². The summed E-state index contributed by atoms with van der Waals surface area (Å²) in [5, 5.41) is 0. The van der Waals surface area contributed by atoms with Crippen molar-refractivity contribution in [2.75, 3.05) is 0 Å². The standard InChI is InChI=1S/C20H24BFO2/c1-19(2)20(3,4)24-21(23-19)14-18(15-8-6-5-7-9-15)16-10-12-17(22)13-11-16/h5-13,18H,14H2,1-4H3. The monoisotopic (exact) mass is 326 g/mol. The molecular formula is C20H24BFO2. The van der Waals surface area contributed by atoms with Crippen molar-refractivity contribution in [2.45, 2.75) is 51.1 Å². The highest BCUT2D eigenvalue weighted by molar-refractivity contribution is 6.45. The number of hydrogen-bond donors (Lipinski definition) is 0. The van der Waals surface area contributed by atoms with Crippen LogP contribution in [0.5, 0.6) is 0 Å². The summed E-state index contributed by atoms with van der Waals surface area (Å²) >= 11 is 0. The molecule has 0 amide bonds. The second-order valence-electron chi connectivity index (χ2n) is 7.44. The van der Waals surface area contributed by atoms with Gasteiger partial charge in [0.25, 0.3) is 0 Å². The molecule has 0 N–H and O–H groups in total. The van der Waals surface area contributed by atoms with Crippen LogP contribution in [0, 0.1) is 5.82 Å². The third kappa shape index (κ3) is 3.40. The number of rotatable bonds is 4. The lowest BCUT2D eigenvalue weighted by molar-refractivity contribution is 0.00578. The second kappa shape index (κ2) is 6.34. The molecule has 2 aromatic carbocycles. The highest BCUT2D eigenvalue weighted by atomic mass is 19.1. The molecule has 4 heteroatoms. The third-order valence-electron chi connectivity index (χ3n) is 5.20. The predicted octanol–water partition coefficient (Wildman–Crippen LogP) is 5.05. The molecule has 24 heavy (non-hydrogen) atoms. The van der Waals surface area contributed by atoms with Gasteiger partial charge in [0.1, 0.15) is 5.82 Å². The van der Waals surface area contributed by atoms with Crippen molar-refractivity contribution < 1.29 is 13.7 Å². The van der Waals surface area contributed by atoms with E-state index in [4.69, 9.17) is 9.31 Å². The fourth-order valence-electron chi connectivity index (χ4n) is 3.10. The summed E-state index contributed by atoms with van der Waals surface area (Å²) in [4.78, 5) is 0. The summed E-state index contributed by atoms with van der Waals surface area (Å²) in [6.07, 6.45) is 0.697. The molecule has 0 aliphatic carbocycles. The van der Waals surface area contributed by atoms with Gasteiger partial charge in [0, 0.05) is 5.92 Å². The summed E-state index contributed by atoms with van der Waals surface area (Å²) in [5.74, 6) is -0.123. The van der Waals surface area contributed by atoms with Gasteiger partial charge in [0.15, 0.2) is 0 Å². The maximum absolute atomic E-state index is 13.3. The summed E-state index contributed by atoms with van der Waals surface area (Å²) < 4.78 is 25.6. The lowest BCUT2D eigenvalue weighted by Crippen LogP contribution is -2.41. The molecular weight excluding hydrogens is 302 g/mol. The van der Waals surface area contributed by atoms with Crippen molar-refractivity contribution in [2.24, 2.45) is 0 Å². The number of benzene rings is 2. The average molecular weight is 326 g/mol. The van der Waals surface area contributed by atoms with Crippen molar-refractivity contribution in [3.8, 4) is 0 Å². The summed E-state index contributed by atoms with van der Waals surface area (Å²) in [7, 11) is -0.287. The third-order valence-corrected chi connectivity index (χ3v) is 5.20. The van der Waals surface area contributed by atoms with Crippen molar-refractivity contribution in [1.82, 2.24) is 0 Å². The van der Waals surface area contributed by atoms with Crippen LogP contribution in [0.4, 0.5) is 4.39 Å². The van der Waals surface area contributed by atoms with Gasteiger partial charge in [-0.25, -0.2) is 4.39 Å². The molecule has 2 nitrogen and oxygen atoms in total. The first-order valence-electron chi connectivity index (χ1n) is 8.44. The summed E-state index contributed by atoms with van der Waals surface area (Å²) in [6.45, 7) is 8.23. The summed E-state index contributed by atoms with van der Waals surface area (Å²) in [6, 6.07) is 17.0. The van der Waals surface area contributed by atoms with Crippen molar-refractivity contribution in [1.29, 1.82) is 0 Å². The zero-order valence-electron chi connectivity index (χ0n) is 14.8. The van der Waals surface area contributed by atoms with Crippen LogP contribution in [0.3, 0.4) is 0 Å². The molecule has 0 spiro atoms. The van der Waals surface area contributed by atoms with E-state index in [9.17, 15) is 4.39 Å². The molecule has 1 aliphatic heterocycles. The molecule has 1 unspecified atom stereocenters. The number of hydrogen-bond acceptors (Lipinski definition) is 2. The van der Waals surface area contributed by atoms with Crippen LogP contribution in [0.25, 0.3) is 0 Å². The fourth-order valence-corrected chi connectivity index (χ4v) is 3.10. The lowest BCUT2D eigenvalue weighted by Gasteiger charge is -2.32. The van der Waals surface area contributed by atoms with Crippen LogP contribution < -0.4 is 0 Å². The predicted molar refractivity (Wildman–Crippen MR) is 95.6 cm³/mol. The lowest BCUT2D eigenvalue weighted by atomic mass is 9.72. The Morgan fingerprint density at radius 3 is 1.88 bits per heavy atom.